The second-order valence-electron chi connectivity index (χ2n) is 7.21. The van der Waals surface area contributed by atoms with Crippen LogP contribution in [0, 0.1) is 5.82 Å². The number of hydrogen-bond acceptors (Lipinski definition) is 2. The minimum atomic E-state index is -0.499. The minimum absolute atomic E-state index is 0.0275. The quantitative estimate of drug-likeness (QED) is 0.719. The third kappa shape index (κ3) is 3.37. The second-order valence-corrected chi connectivity index (χ2v) is 7.61. The van der Waals surface area contributed by atoms with Crippen molar-refractivity contribution in [2.45, 2.75) is 57.7 Å². The van der Waals surface area contributed by atoms with Gasteiger partial charge in [0.15, 0.2) is 0 Å². The Hall–Kier alpha value is -1.55. The highest BCUT2D eigenvalue weighted by Gasteiger charge is 2.41. The van der Waals surface area contributed by atoms with Crippen LogP contribution < -0.4 is 0 Å². The number of fused-ring (bicyclic) bond motifs is 2. The summed E-state index contributed by atoms with van der Waals surface area (Å²) in [6.07, 6.45) is 4.41. The molecule has 5 heteroatoms. The maximum absolute atomic E-state index is 13.2. The van der Waals surface area contributed by atoms with Gasteiger partial charge >= 0.3 is 6.09 Å². The molecule has 0 saturated carbocycles. The first kappa shape index (κ1) is 16.3. The van der Waals surface area contributed by atoms with Crippen LogP contribution in [0.4, 0.5) is 9.18 Å². The van der Waals surface area contributed by atoms with Crippen LogP contribution in [0.5, 0.6) is 0 Å². The molecule has 1 amide bonds. The molecule has 2 bridgehead atoms. The van der Waals surface area contributed by atoms with Gasteiger partial charge in [-0.3, -0.25) is 4.90 Å². The van der Waals surface area contributed by atoms with Crippen molar-refractivity contribution in [3.05, 3.63) is 40.7 Å². The molecule has 0 aliphatic carbocycles. The molecule has 1 saturated heterocycles. The largest absolute Gasteiger partial charge is 0.444 e. The van der Waals surface area contributed by atoms with Crippen LogP contribution in [0.1, 0.15) is 45.6 Å². The Morgan fingerprint density at radius 1 is 1.35 bits per heavy atom. The molecule has 2 heterocycles. The van der Waals surface area contributed by atoms with E-state index in [4.69, 9.17) is 16.3 Å². The molecule has 2 unspecified atom stereocenters. The number of carbonyl (C=O) groups excluding carboxylic acids is 1. The number of carbonyl (C=O) groups is 1. The van der Waals surface area contributed by atoms with Gasteiger partial charge in [-0.05, 0) is 63.3 Å². The van der Waals surface area contributed by atoms with Crippen molar-refractivity contribution in [1.82, 2.24) is 4.90 Å². The Kier molecular flexibility index (Phi) is 4.13. The summed E-state index contributed by atoms with van der Waals surface area (Å²) in [4.78, 5) is 14.3. The zero-order valence-corrected chi connectivity index (χ0v) is 14.4. The third-order valence-corrected chi connectivity index (χ3v) is 4.59. The summed E-state index contributed by atoms with van der Waals surface area (Å²) < 4.78 is 18.8. The molecule has 124 valence electrons. The molecule has 0 N–H and O–H groups in total. The lowest BCUT2D eigenvalue weighted by Gasteiger charge is -2.35. The van der Waals surface area contributed by atoms with E-state index in [1.807, 2.05) is 25.7 Å². The van der Waals surface area contributed by atoms with E-state index in [1.54, 1.807) is 6.07 Å². The van der Waals surface area contributed by atoms with Crippen LogP contribution in [0.3, 0.4) is 0 Å². The lowest BCUT2D eigenvalue weighted by molar-refractivity contribution is 0.0175. The number of halogens is 2. The Morgan fingerprint density at radius 3 is 2.70 bits per heavy atom. The van der Waals surface area contributed by atoms with Crippen molar-refractivity contribution in [2.75, 3.05) is 0 Å². The molecule has 23 heavy (non-hydrogen) atoms. The molecule has 2 aliphatic rings. The standard InChI is InChI=1S/C18H21ClFNO2/c1-18(2,3)23-17(22)21-13-5-6-14(21)9-11(8-13)15-7-4-12(20)10-16(15)19/h4,7-8,10,13-14H,5-6,9H2,1-3H3. The number of rotatable bonds is 1. The minimum Gasteiger partial charge on any atom is -0.444 e. The number of benzene rings is 1. The van der Waals surface area contributed by atoms with Crippen molar-refractivity contribution < 1.29 is 13.9 Å². The van der Waals surface area contributed by atoms with Gasteiger partial charge < -0.3 is 4.74 Å². The number of nitrogens with zero attached hydrogens (tertiary/aromatic N) is 1. The fourth-order valence-corrected chi connectivity index (χ4v) is 3.67. The molecule has 1 aromatic carbocycles. The van der Waals surface area contributed by atoms with E-state index in [2.05, 4.69) is 6.08 Å². The fraction of sp³-hybridized carbons (Fsp3) is 0.500. The summed E-state index contributed by atoms with van der Waals surface area (Å²) in [5.41, 5.74) is 1.44. The summed E-state index contributed by atoms with van der Waals surface area (Å²) in [5.74, 6) is -0.339. The Bertz CT molecular complexity index is 665. The van der Waals surface area contributed by atoms with Gasteiger partial charge in [-0.15, -0.1) is 0 Å². The van der Waals surface area contributed by atoms with Crippen molar-refractivity contribution in [3.8, 4) is 0 Å². The number of hydrogen-bond donors (Lipinski definition) is 0. The van der Waals surface area contributed by atoms with Crippen LogP contribution in [0.25, 0.3) is 5.57 Å². The molecular weight excluding hydrogens is 317 g/mol. The van der Waals surface area contributed by atoms with E-state index in [0.29, 0.717) is 5.02 Å². The lowest BCUT2D eigenvalue weighted by Crippen LogP contribution is -2.45. The van der Waals surface area contributed by atoms with Gasteiger partial charge in [0, 0.05) is 6.04 Å². The molecule has 0 radical (unpaired) electrons. The van der Waals surface area contributed by atoms with E-state index in [9.17, 15) is 9.18 Å². The monoisotopic (exact) mass is 337 g/mol. The molecule has 0 spiro atoms. The van der Waals surface area contributed by atoms with Gasteiger partial charge in [0.2, 0.25) is 0 Å². The van der Waals surface area contributed by atoms with E-state index in [1.165, 1.54) is 12.1 Å². The average molecular weight is 338 g/mol. The van der Waals surface area contributed by atoms with Crippen molar-refractivity contribution >= 4 is 23.3 Å². The third-order valence-electron chi connectivity index (χ3n) is 4.28. The Morgan fingerprint density at radius 2 is 2.09 bits per heavy atom. The van der Waals surface area contributed by atoms with Crippen LogP contribution in [-0.2, 0) is 4.74 Å². The maximum Gasteiger partial charge on any atom is 0.411 e. The second kappa shape index (κ2) is 5.82. The van der Waals surface area contributed by atoms with Gasteiger partial charge in [-0.1, -0.05) is 23.7 Å². The van der Waals surface area contributed by atoms with Crippen molar-refractivity contribution in [1.29, 1.82) is 0 Å². The van der Waals surface area contributed by atoms with Gasteiger partial charge in [-0.2, -0.15) is 0 Å². The molecular formula is C18H21ClFNO2. The van der Waals surface area contributed by atoms with Gasteiger partial charge in [0.05, 0.1) is 11.1 Å². The Labute approximate surface area is 141 Å². The summed E-state index contributed by atoms with van der Waals surface area (Å²) >= 11 is 6.18. The zero-order chi connectivity index (χ0) is 16.8. The van der Waals surface area contributed by atoms with Crippen molar-refractivity contribution in [2.24, 2.45) is 0 Å². The SMILES string of the molecule is CC(C)(C)OC(=O)N1C2C=C(c3ccc(F)cc3Cl)CC1CC2. The highest BCUT2D eigenvalue weighted by Crippen LogP contribution is 2.41. The predicted octanol–water partition coefficient (Wildman–Crippen LogP) is 5.03. The van der Waals surface area contributed by atoms with Crippen LogP contribution in [0.15, 0.2) is 24.3 Å². The zero-order valence-electron chi connectivity index (χ0n) is 13.6. The molecule has 3 nitrogen and oxygen atoms in total. The van der Waals surface area contributed by atoms with E-state index in [-0.39, 0.29) is 24.0 Å². The smallest absolute Gasteiger partial charge is 0.411 e. The highest BCUT2D eigenvalue weighted by atomic mass is 35.5. The van der Waals surface area contributed by atoms with Crippen molar-refractivity contribution in [3.63, 3.8) is 0 Å². The molecule has 1 fully saturated rings. The van der Waals surface area contributed by atoms with Crippen LogP contribution in [0.2, 0.25) is 5.02 Å². The Balaban J connectivity index is 1.84. The van der Waals surface area contributed by atoms with Crippen LogP contribution >= 0.6 is 11.6 Å². The van der Waals surface area contributed by atoms with E-state index >= 15 is 0 Å². The lowest BCUT2D eigenvalue weighted by atomic mass is 9.95. The van der Waals surface area contributed by atoms with Gasteiger partial charge in [0.1, 0.15) is 11.4 Å². The molecule has 3 rings (SSSR count). The summed E-state index contributed by atoms with van der Waals surface area (Å²) in [6.45, 7) is 5.61. The van der Waals surface area contributed by atoms with Crippen LogP contribution in [-0.4, -0.2) is 28.7 Å². The molecule has 2 aliphatic heterocycles. The topological polar surface area (TPSA) is 29.5 Å². The summed E-state index contributed by atoms with van der Waals surface area (Å²) in [5, 5.41) is 0.418. The first-order valence-electron chi connectivity index (χ1n) is 7.92. The number of amides is 1. The average Bonchev–Trinajstić information content (AvgIpc) is 2.68. The van der Waals surface area contributed by atoms with E-state index in [0.717, 1.165) is 30.4 Å². The van der Waals surface area contributed by atoms with E-state index < -0.39 is 5.60 Å². The first-order chi connectivity index (χ1) is 10.7. The first-order valence-corrected chi connectivity index (χ1v) is 8.30. The summed E-state index contributed by atoms with van der Waals surface area (Å²) in [7, 11) is 0. The van der Waals surface area contributed by atoms with Gasteiger partial charge in [-0.25, -0.2) is 9.18 Å². The molecule has 2 atom stereocenters. The molecule has 0 aromatic heterocycles. The van der Waals surface area contributed by atoms with Gasteiger partial charge in [0.25, 0.3) is 0 Å². The molecule has 1 aromatic rings. The fourth-order valence-electron chi connectivity index (χ4n) is 3.38. The predicted molar refractivity (Wildman–Crippen MR) is 88.9 cm³/mol. The summed E-state index contributed by atoms with van der Waals surface area (Å²) in [6, 6.07) is 4.62. The number of ether oxygens (including phenoxy) is 1. The normalized spacial score (nSPS) is 23.7. The highest BCUT2D eigenvalue weighted by molar-refractivity contribution is 6.32. The maximum atomic E-state index is 13.2.